The quantitative estimate of drug-likeness (QED) is 0.505. The van der Waals surface area contributed by atoms with Gasteiger partial charge in [-0.05, 0) is 18.3 Å². The third-order valence-corrected chi connectivity index (χ3v) is 8.37. The predicted molar refractivity (Wildman–Crippen MR) is 74.5 cm³/mol. The third-order valence-electron chi connectivity index (χ3n) is 3.22. The van der Waals surface area contributed by atoms with E-state index in [0.29, 0.717) is 0 Å². The summed E-state index contributed by atoms with van der Waals surface area (Å²) < 4.78 is 143. The highest BCUT2D eigenvalue weighted by molar-refractivity contribution is 7.89. The molecule has 0 fully saturated rings. The van der Waals surface area contributed by atoms with Crippen molar-refractivity contribution in [2.75, 3.05) is 0 Å². The Morgan fingerprint density at radius 3 is 1.62 bits per heavy atom. The van der Waals surface area contributed by atoms with Crippen LogP contribution in [0.4, 0.5) is 39.5 Å². The molecule has 150 valence electrons. The van der Waals surface area contributed by atoms with Gasteiger partial charge in [0.25, 0.3) is 0 Å². The first kappa shape index (κ1) is 22.8. The van der Waals surface area contributed by atoms with Crippen LogP contribution in [0.3, 0.4) is 0 Å². The molecule has 3 nitrogen and oxygen atoms in total. The molecule has 0 N–H and O–H groups in total. The number of hydrogen-bond acceptors (Lipinski definition) is 3. The summed E-state index contributed by atoms with van der Waals surface area (Å²) in [5.74, 6) is -14.6. The van der Waals surface area contributed by atoms with Gasteiger partial charge in [-0.15, -0.1) is 0 Å². The predicted octanol–water partition coefficient (Wildman–Crippen LogP) is 3.87. The zero-order valence-corrected chi connectivity index (χ0v) is 14.7. The highest BCUT2D eigenvalue weighted by atomic mass is 32.2. The minimum absolute atomic E-state index is 0.00901. The zero-order chi connectivity index (χ0) is 20.8. The van der Waals surface area contributed by atoms with Gasteiger partial charge in [-0.1, -0.05) is 30.3 Å². The van der Waals surface area contributed by atoms with Crippen LogP contribution in [0.5, 0.6) is 0 Å². The number of alkyl halides is 9. The van der Waals surface area contributed by atoms with Crippen molar-refractivity contribution in [3.63, 3.8) is 0 Å². The summed E-state index contributed by atoms with van der Waals surface area (Å²) in [4.78, 5) is 0. The topological polar surface area (TPSA) is 43.4 Å². The molecule has 0 saturated carbocycles. The van der Waals surface area contributed by atoms with E-state index in [1.807, 2.05) is 0 Å². The van der Waals surface area contributed by atoms with Crippen LogP contribution in [-0.4, -0.2) is 40.0 Å². The molecule has 0 spiro atoms. The summed E-state index contributed by atoms with van der Waals surface area (Å²) in [6.45, 7) is 1.91. The molecule has 0 aliphatic heterocycles. The summed E-state index contributed by atoms with van der Waals surface area (Å²) in [6.07, 6.45) is -7.12. The van der Waals surface area contributed by atoms with E-state index in [-0.39, 0.29) is 5.19 Å². The zero-order valence-electron chi connectivity index (χ0n) is 12.9. The molecule has 1 rings (SSSR count). The van der Waals surface area contributed by atoms with Gasteiger partial charge in [0.05, 0.1) is 0 Å². The van der Waals surface area contributed by atoms with Crippen LogP contribution in [0.15, 0.2) is 30.3 Å². The molecule has 0 unspecified atom stereocenters. The Morgan fingerprint density at radius 1 is 0.808 bits per heavy atom. The number of rotatable bonds is 6. The lowest BCUT2D eigenvalue weighted by Crippen LogP contribution is -2.64. The maximum absolute atomic E-state index is 13.6. The van der Waals surface area contributed by atoms with Crippen molar-refractivity contribution >= 4 is 23.6 Å². The van der Waals surface area contributed by atoms with Crippen LogP contribution in [0.2, 0.25) is 13.1 Å². The van der Waals surface area contributed by atoms with Gasteiger partial charge in [0.1, 0.15) is 0 Å². The third kappa shape index (κ3) is 3.58. The van der Waals surface area contributed by atoms with E-state index in [9.17, 15) is 47.9 Å². The lowest BCUT2D eigenvalue weighted by Gasteiger charge is -2.34. The van der Waals surface area contributed by atoms with E-state index >= 15 is 0 Å². The van der Waals surface area contributed by atoms with E-state index in [1.165, 1.54) is 30.3 Å². The first-order valence-electron chi connectivity index (χ1n) is 6.52. The molecule has 0 aliphatic carbocycles. The van der Waals surface area contributed by atoms with E-state index in [0.717, 1.165) is 13.1 Å². The average Bonchev–Trinajstić information content (AvgIpc) is 2.45. The molecule has 26 heavy (non-hydrogen) atoms. The largest absolute Gasteiger partial charge is 0.460 e. The maximum atomic E-state index is 13.6. The van der Waals surface area contributed by atoms with Crippen molar-refractivity contribution in [1.29, 1.82) is 0 Å². The highest BCUT2D eigenvalue weighted by Gasteiger charge is 2.86. The van der Waals surface area contributed by atoms with Gasteiger partial charge in [0.2, 0.25) is 8.32 Å². The molecular weight excluding hydrogens is 423 g/mol. The Bertz CT molecular complexity index is 745. The van der Waals surface area contributed by atoms with E-state index < -0.39 is 41.7 Å². The van der Waals surface area contributed by atoms with Gasteiger partial charge in [-0.2, -0.15) is 47.9 Å². The fraction of sp³-hybridized carbons (Fsp3) is 0.500. The second-order valence-electron chi connectivity index (χ2n) is 5.58. The molecule has 0 radical (unpaired) electrons. The van der Waals surface area contributed by atoms with Crippen LogP contribution < -0.4 is 5.19 Å². The van der Waals surface area contributed by atoms with Crippen LogP contribution in [0.25, 0.3) is 0 Å². The summed E-state index contributed by atoms with van der Waals surface area (Å²) in [7, 11) is -10.8. The summed E-state index contributed by atoms with van der Waals surface area (Å²) in [5.41, 5.74) is 0. The van der Waals surface area contributed by atoms with Crippen LogP contribution in [-0.2, 0) is 14.0 Å². The van der Waals surface area contributed by atoms with Crippen molar-refractivity contribution in [3.8, 4) is 0 Å². The van der Waals surface area contributed by atoms with Gasteiger partial charge < -0.3 is 3.87 Å². The van der Waals surface area contributed by atoms with Gasteiger partial charge in [-0.25, -0.2) is 0 Å². The first-order chi connectivity index (χ1) is 11.3. The average molecular weight is 434 g/mol. The Balaban J connectivity index is 3.38. The normalized spacial score (nSPS) is 15.2. The number of hydrogen-bond donors (Lipinski definition) is 0. The van der Waals surface area contributed by atoms with Gasteiger partial charge >= 0.3 is 33.4 Å². The second kappa shape index (κ2) is 6.40. The SMILES string of the molecule is C[Si](C)(OS(=O)(=O)C(F)(F)C(F)(F)C(F)(F)C(F)(F)F)c1ccccc1. The van der Waals surface area contributed by atoms with Crippen molar-refractivity contribution in [2.45, 2.75) is 36.4 Å². The standard InChI is InChI=1S/C12H11F9O3SSi/c1-26(2,8-6-4-3-5-7-8)24-25(22,23)12(20,21)10(15,16)9(13,14)11(17,18)19/h3-7H,1-2H3. The van der Waals surface area contributed by atoms with Crippen molar-refractivity contribution < 1.29 is 51.8 Å². The molecule has 0 bridgehead atoms. The molecule has 0 aliphatic rings. The van der Waals surface area contributed by atoms with Crippen molar-refractivity contribution in [3.05, 3.63) is 30.3 Å². The number of benzene rings is 1. The molecule has 0 aromatic heterocycles. The fourth-order valence-electron chi connectivity index (χ4n) is 1.73. The van der Waals surface area contributed by atoms with E-state index in [4.69, 9.17) is 0 Å². The van der Waals surface area contributed by atoms with Crippen LogP contribution >= 0.6 is 0 Å². The Labute approximate surface area is 143 Å². The lowest BCUT2D eigenvalue weighted by molar-refractivity contribution is -0.382. The van der Waals surface area contributed by atoms with Crippen molar-refractivity contribution in [2.24, 2.45) is 0 Å². The van der Waals surface area contributed by atoms with Crippen molar-refractivity contribution in [1.82, 2.24) is 0 Å². The minimum Gasteiger partial charge on any atom is -0.305 e. The smallest absolute Gasteiger partial charge is 0.305 e. The Hall–Kier alpha value is -1.28. The van der Waals surface area contributed by atoms with Crippen LogP contribution in [0.1, 0.15) is 0 Å². The maximum Gasteiger partial charge on any atom is 0.460 e. The molecule has 1 aromatic rings. The first-order valence-corrected chi connectivity index (χ1v) is 10.8. The highest BCUT2D eigenvalue weighted by Crippen LogP contribution is 2.55. The molecule has 14 heteroatoms. The van der Waals surface area contributed by atoms with Gasteiger partial charge in [0.15, 0.2) is 0 Å². The molecule has 0 heterocycles. The fourth-order valence-corrected chi connectivity index (χ4v) is 6.17. The molecule has 0 amide bonds. The summed E-state index contributed by atoms with van der Waals surface area (Å²) in [5, 5.41) is -6.86. The van der Waals surface area contributed by atoms with Crippen LogP contribution in [0, 0.1) is 0 Å². The lowest BCUT2D eigenvalue weighted by atomic mass is 10.1. The van der Waals surface area contributed by atoms with Gasteiger partial charge in [-0.3, -0.25) is 0 Å². The van der Waals surface area contributed by atoms with E-state index in [2.05, 4.69) is 3.87 Å². The molecule has 0 atom stereocenters. The molecule has 1 aromatic carbocycles. The second-order valence-corrected chi connectivity index (χ2v) is 11.3. The minimum atomic E-state index is -7.32. The van der Waals surface area contributed by atoms with Gasteiger partial charge in [0, 0.05) is 0 Å². The molecular formula is C12H11F9O3SSi. The number of halogens is 9. The Kier molecular flexibility index (Phi) is 5.61. The van der Waals surface area contributed by atoms with E-state index in [1.54, 1.807) is 0 Å². The molecule has 0 saturated heterocycles. The Morgan fingerprint density at radius 2 is 1.23 bits per heavy atom. The summed E-state index contributed by atoms with van der Waals surface area (Å²) >= 11 is 0. The monoisotopic (exact) mass is 434 g/mol. The summed E-state index contributed by atoms with van der Waals surface area (Å²) in [6, 6.07) is 6.48.